The van der Waals surface area contributed by atoms with E-state index >= 15 is 0 Å². The number of fused-ring (bicyclic) bond motifs is 2. The van der Waals surface area contributed by atoms with Gasteiger partial charge in [-0.3, -0.25) is 57.8 Å². The number of aromatic nitrogens is 1. The number of anilines is 1. The molecule has 1 aromatic heterocycles. The van der Waals surface area contributed by atoms with Gasteiger partial charge in [0, 0.05) is 87.4 Å². The van der Waals surface area contributed by atoms with Crippen LogP contribution in [0.4, 0.5) is 11.4 Å². The highest BCUT2D eigenvalue weighted by Crippen LogP contribution is 2.50. The summed E-state index contributed by atoms with van der Waals surface area (Å²) in [5.41, 5.74) is 9.80. The molecule has 0 radical (unpaired) electrons. The van der Waals surface area contributed by atoms with E-state index in [-0.39, 0.29) is 63.2 Å². The van der Waals surface area contributed by atoms with Gasteiger partial charge >= 0.3 is 5.97 Å². The number of hydrogen-bond donors (Lipinski definition) is 8. The van der Waals surface area contributed by atoms with Crippen molar-refractivity contribution < 1.29 is 58.2 Å². The molecule has 1 saturated carbocycles. The van der Waals surface area contributed by atoms with Crippen molar-refractivity contribution in [2.75, 3.05) is 44.6 Å². The molecule has 4 aliphatic rings. The quantitative estimate of drug-likeness (QED) is 0.0486. The molecule has 23 nitrogen and oxygen atoms in total. The first-order valence-corrected chi connectivity index (χ1v) is 25.8. The van der Waals surface area contributed by atoms with Gasteiger partial charge in [-0.1, -0.05) is 39.3 Å². The van der Waals surface area contributed by atoms with Crippen LogP contribution in [0.15, 0.2) is 53.2 Å². The van der Waals surface area contributed by atoms with Gasteiger partial charge in [0.05, 0.1) is 36.1 Å². The molecule has 9 amide bonds. The summed E-state index contributed by atoms with van der Waals surface area (Å²) in [6.07, 6.45) is 8.76. The number of carboxylic acids is 1. The number of nitrogens with two attached hydrogens (primary N) is 1. The zero-order valence-corrected chi connectivity index (χ0v) is 43.4. The Morgan fingerprint density at radius 2 is 1.63 bits per heavy atom. The third-order valence-electron chi connectivity index (χ3n) is 13.7. The first-order valence-electron chi connectivity index (χ1n) is 25.8. The van der Waals surface area contributed by atoms with Gasteiger partial charge in [0.15, 0.2) is 0 Å². The topological polar surface area (TPSA) is 332 Å². The zero-order valence-electron chi connectivity index (χ0n) is 43.4. The Kier molecular flexibility index (Phi) is 19.7. The molecule has 3 aliphatic heterocycles. The minimum absolute atomic E-state index is 0.0178. The average molecular weight is 1050 g/mol. The number of pyridine rings is 1. The number of amidine groups is 1. The number of imide groups is 1. The molecule has 0 unspecified atom stereocenters. The Hall–Kier alpha value is -7.82. The number of nitrogens with one attached hydrogen (secondary N) is 5. The van der Waals surface area contributed by atoms with E-state index < -0.39 is 89.7 Å². The minimum atomic E-state index is -1.30. The summed E-state index contributed by atoms with van der Waals surface area (Å²) in [5.74, 6) is -5.86. The second kappa shape index (κ2) is 26.1. The van der Waals surface area contributed by atoms with Gasteiger partial charge in [-0.15, -0.1) is 0 Å². The van der Waals surface area contributed by atoms with Crippen molar-refractivity contribution >= 4 is 82.4 Å². The highest BCUT2D eigenvalue weighted by molar-refractivity contribution is 6.13. The molecule has 23 heteroatoms. The molecule has 2 aromatic rings. The number of amides is 9. The monoisotopic (exact) mass is 1050 g/mol. The Labute approximate surface area is 440 Å². The molecule has 76 heavy (non-hydrogen) atoms. The lowest BCUT2D eigenvalue weighted by Crippen LogP contribution is -2.58. The molecule has 408 valence electrons. The third-order valence-corrected chi connectivity index (χ3v) is 13.7. The molecule has 1 aromatic carbocycles. The molecule has 0 spiro atoms. The van der Waals surface area contributed by atoms with E-state index in [1.54, 1.807) is 42.0 Å². The maximum Gasteiger partial charge on any atom is 0.303 e. The maximum atomic E-state index is 14.0. The largest absolute Gasteiger partial charge is 0.481 e. The van der Waals surface area contributed by atoms with Crippen molar-refractivity contribution in [3.05, 3.63) is 70.6 Å². The molecule has 1 fully saturated rings. The number of carbonyl (C=O) groups excluding carboxylic acids is 9. The van der Waals surface area contributed by atoms with E-state index in [0.29, 0.717) is 79.7 Å². The number of rotatable bonds is 26. The van der Waals surface area contributed by atoms with Crippen molar-refractivity contribution in [3.63, 3.8) is 0 Å². The number of nitrogens with zero attached hydrogens (tertiary/aromatic N) is 5. The summed E-state index contributed by atoms with van der Waals surface area (Å²) in [6, 6.07) is 3.65. The molecule has 9 N–H and O–H groups in total. The lowest BCUT2D eigenvalue weighted by atomic mass is 9.92. The highest BCUT2D eigenvalue weighted by atomic mass is 16.4. The summed E-state index contributed by atoms with van der Waals surface area (Å²) < 4.78 is 0. The number of unbranched alkanes of at least 4 members (excludes halogenated alkanes) is 2. The number of aliphatic hydroxyl groups is 1. The van der Waals surface area contributed by atoms with Crippen LogP contribution in [0.1, 0.15) is 114 Å². The van der Waals surface area contributed by atoms with Crippen LogP contribution in [0.2, 0.25) is 0 Å². The highest BCUT2D eigenvalue weighted by Gasteiger charge is 2.51. The SMILES string of the molecule is CCCN(CCO)C(=O)C1=Cc2ccc(C3(C(=O)Nc4cnc5c(c4)CN(C(=O)CNC(=O)[C@H](C)NC(=O)[C@@H](NC(=O)[C@H](CCC(=O)O)NC(=O)CCCCCN4C(=O)C=CC4=O)C(C)C)CC5)CC3)cc2N=C(N)C1. The number of carbonyl (C=O) groups is 10. The fraction of sp³-hybridized carbons (Fsp3) is 0.509. The molecule has 4 heterocycles. The Bertz CT molecular complexity index is 2670. The molecular weight excluding hydrogens is 983 g/mol. The number of benzene rings is 1. The van der Waals surface area contributed by atoms with Crippen molar-refractivity contribution in [1.82, 2.24) is 41.0 Å². The van der Waals surface area contributed by atoms with Crippen LogP contribution >= 0.6 is 0 Å². The fourth-order valence-electron chi connectivity index (χ4n) is 9.24. The Morgan fingerprint density at radius 3 is 2.30 bits per heavy atom. The number of carboxylic acid groups (broad SMARTS) is 1. The van der Waals surface area contributed by atoms with Gasteiger partial charge in [-0.25, -0.2) is 4.99 Å². The predicted octanol–water partition coefficient (Wildman–Crippen LogP) is 1.24. The minimum Gasteiger partial charge on any atom is -0.481 e. The van der Waals surface area contributed by atoms with Crippen LogP contribution < -0.4 is 32.3 Å². The summed E-state index contributed by atoms with van der Waals surface area (Å²) in [7, 11) is 0. The molecule has 0 bridgehead atoms. The van der Waals surface area contributed by atoms with Gasteiger partial charge in [-0.2, -0.15) is 0 Å². The summed E-state index contributed by atoms with van der Waals surface area (Å²) in [4.78, 5) is 142. The van der Waals surface area contributed by atoms with E-state index in [4.69, 9.17) is 5.73 Å². The Morgan fingerprint density at radius 1 is 0.895 bits per heavy atom. The molecule has 0 saturated heterocycles. The van der Waals surface area contributed by atoms with Crippen molar-refractivity contribution in [1.29, 1.82) is 0 Å². The number of hydrogen-bond acceptors (Lipinski definition) is 14. The van der Waals surface area contributed by atoms with E-state index in [9.17, 15) is 58.2 Å². The van der Waals surface area contributed by atoms with Crippen LogP contribution in [0, 0.1) is 5.92 Å². The number of aliphatic imine (C=N–C) groups is 1. The van der Waals surface area contributed by atoms with Crippen LogP contribution in [0.5, 0.6) is 0 Å². The maximum absolute atomic E-state index is 14.0. The smallest absolute Gasteiger partial charge is 0.303 e. The van der Waals surface area contributed by atoms with Crippen molar-refractivity contribution in [2.24, 2.45) is 16.6 Å². The first kappa shape index (κ1) is 57.5. The van der Waals surface area contributed by atoms with E-state index in [1.165, 1.54) is 19.1 Å². The summed E-state index contributed by atoms with van der Waals surface area (Å²) in [5, 5.41) is 32.1. The second-order valence-electron chi connectivity index (χ2n) is 19.9. The van der Waals surface area contributed by atoms with Crippen molar-refractivity contribution in [3.8, 4) is 0 Å². The number of aliphatic carboxylic acids is 1. The van der Waals surface area contributed by atoms with Gasteiger partial charge in [0.2, 0.25) is 41.4 Å². The Balaban J connectivity index is 0.981. The second-order valence-corrected chi connectivity index (χ2v) is 19.9. The van der Waals surface area contributed by atoms with Gasteiger partial charge < -0.3 is 52.3 Å². The number of aliphatic hydroxyl groups excluding tert-OH is 1. The van der Waals surface area contributed by atoms with Gasteiger partial charge in [-0.05, 0) is 80.7 Å². The van der Waals surface area contributed by atoms with Crippen LogP contribution in [-0.2, 0) is 66.3 Å². The van der Waals surface area contributed by atoms with Crippen molar-refractivity contribution in [2.45, 2.75) is 128 Å². The lowest BCUT2D eigenvalue weighted by molar-refractivity contribution is -0.139. The standard InChI is InChI=1S/C53H69N11O12/c1-5-19-62(22-23-65)51(75)34-24-33-10-11-36(27-40(33)59-41(54)26-34)53(17-18-53)52(76)58-37-25-35-30-63(21-16-38(35)55-28-37)45(69)29-56-48(72)32(4)57-50(74)47(31(2)3)61-49(73)39(12-15-46(70)71)60-42(66)9-7-6-8-20-64-43(67)13-14-44(64)68/h10-11,13-14,24-25,27-28,31-32,39,47,65H,5-9,12,15-23,26,29-30H2,1-4H3,(H2,54,59)(H,56,72)(H,57,74)(H,58,76)(H,60,66)(H,61,73)(H,70,71)/t32-,39-,47-/m0/s1. The molecule has 3 atom stereocenters. The first-order chi connectivity index (χ1) is 36.2. The van der Waals surface area contributed by atoms with E-state index in [1.807, 2.05) is 25.1 Å². The van der Waals surface area contributed by atoms with E-state index in [0.717, 1.165) is 22.6 Å². The predicted molar refractivity (Wildman–Crippen MR) is 278 cm³/mol. The molecule has 1 aliphatic carbocycles. The molecule has 6 rings (SSSR count). The van der Waals surface area contributed by atoms with Gasteiger partial charge in [0.25, 0.3) is 11.8 Å². The third kappa shape index (κ3) is 14.9. The zero-order chi connectivity index (χ0) is 55.3. The van der Waals surface area contributed by atoms with E-state index in [2.05, 4.69) is 36.6 Å². The summed E-state index contributed by atoms with van der Waals surface area (Å²) >= 11 is 0. The lowest BCUT2D eigenvalue weighted by Gasteiger charge is -2.29. The average Bonchev–Trinajstić information content (AvgIpc) is 4.16. The molecular formula is C53H69N11O12. The van der Waals surface area contributed by atoms with Crippen LogP contribution in [-0.4, -0.2) is 152 Å². The summed E-state index contributed by atoms with van der Waals surface area (Å²) in [6.45, 7) is 7.47. The fourth-order valence-corrected chi connectivity index (χ4v) is 9.24. The normalized spacial score (nSPS) is 16.4. The van der Waals surface area contributed by atoms with Crippen LogP contribution in [0.3, 0.4) is 0 Å². The van der Waals surface area contributed by atoms with Crippen LogP contribution in [0.25, 0.3) is 6.08 Å². The van der Waals surface area contributed by atoms with Gasteiger partial charge in [0.1, 0.15) is 24.0 Å².